The summed E-state index contributed by atoms with van der Waals surface area (Å²) in [4.78, 5) is 38.3. The van der Waals surface area contributed by atoms with Crippen LogP contribution in [-0.2, 0) is 18.9 Å². The summed E-state index contributed by atoms with van der Waals surface area (Å²) in [6.45, 7) is 0. The maximum absolute atomic E-state index is 13.1. The Balaban J connectivity index is 2.08. The first-order valence-electron chi connectivity index (χ1n) is 9.05. The van der Waals surface area contributed by atoms with Crippen LogP contribution in [-0.4, -0.2) is 27.1 Å². The van der Waals surface area contributed by atoms with Crippen LogP contribution in [0.1, 0.15) is 36.3 Å². The average molecular weight is 383 g/mol. The number of nitrogens with one attached hydrogen (secondary N) is 1. The van der Waals surface area contributed by atoms with Crippen molar-refractivity contribution < 1.29 is 14.6 Å². The predicted octanol–water partition coefficient (Wildman–Crippen LogP) is 1.36. The SMILES string of the molecule is COc1cc([C@@H]2C3=C(CCCC3=O)Nc3c2c(=O)n(C)c(=O)n3C)ccc1O. The number of carbonyl (C=O) groups excluding carboxylic acids is 1. The fourth-order valence-electron chi connectivity index (χ4n) is 4.10. The maximum Gasteiger partial charge on any atom is 0.332 e. The Morgan fingerprint density at radius 1 is 1.14 bits per heavy atom. The summed E-state index contributed by atoms with van der Waals surface area (Å²) in [5.41, 5.74) is 1.38. The number of hydrogen-bond donors (Lipinski definition) is 2. The van der Waals surface area contributed by atoms with Crippen LogP contribution in [0.25, 0.3) is 0 Å². The zero-order valence-electron chi connectivity index (χ0n) is 15.9. The van der Waals surface area contributed by atoms with Gasteiger partial charge in [-0.2, -0.15) is 0 Å². The van der Waals surface area contributed by atoms with Gasteiger partial charge in [0.1, 0.15) is 5.82 Å². The molecule has 28 heavy (non-hydrogen) atoms. The highest BCUT2D eigenvalue weighted by Crippen LogP contribution is 2.44. The number of ether oxygens (including phenoxy) is 1. The van der Waals surface area contributed by atoms with Gasteiger partial charge in [0.15, 0.2) is 17.3 Å². The Morgan fingerprint density at radius 3 is 2.61 bits per heavy atom. The van der Waals surface area contributed by atoms with Gasteiger partial charge in [0.25, 0.3) is 5.56 Å². The molecule has 2 N–H and O–H groups in total. The molecule has 2 aliphatic rings. The van der Waals surface area contributed by atoms with E-state index in [1.165, 1.54) is 24.8 Å². The van der Waals surface area contributed by atoms with E-state index in [4.69, 9.17) is 4.74 Å². The number of anilines is 1. The Kier molecular flexibility index (Phi) is 4.14. The van der Waals surface area contributed by atoms with Gasteiger partial charge in [-0.15, -0.1) is 0 Å². The molecule has 0 fully saturated rings. The van der Waals surface area contributed by atoms with Gasteiger partial charge in [0.05, 0.1) is 12.7 Å². The molecule has 0 bridgehead atoms. The predicted molar refractivity (Wildman–Crippen MR) is 103 cm³/mol. The van der Waals surface area contributed by atoms with Crippen molar-refractivity contribution in [2.45, 2.75) is 25.2 Å². The largest absolute Gasteiger partial charge is 0.504 e. The Hall–Kier alpha value is -3.29. The summed E-state index contributed by atoms with van der Waals surface area (Å²) in [6, 6.07) is 4.79. The van der Waals surface area contributed by atoms with E-state index < -0.39 is 17.2 Å². The van der Waals surface area contributed by atoms with Gasteiger partial charge < -0.3 is 15.2 Å². The van der Waals surface area contributed by atoms with Gasteiger partial charge in [-0.3, -0.25) is 18.7 Å². The smallest absolute Gasteiger partial charge is 0.332 e. The standard InChI is InChI=1S/C20H21N3O5/c1-22-18-17(19(26)23(2)20(22)27)15(10-7-8-12(24)14(9-10)28-3)16-11(21-18)5-4-6-13(16)25/h7-9,15,21,24H,4-6H2,1-3H3/t15-/m1/s1. The molecule has 1 atom stereocenters. The number of hydrogen-bond acceptors (Lipinski definition) is 6. The van der Waals surface area contributed by atoms with Crippen LogP contribution in [0.3, 0.4) is 0 Å². The topological polar surface area (TPSA) is 103 Å². The summed E-state index contributed by atoms with van der Waals surface area (Å²) in [6.07, 6.45) is 1.79. The molecule has 8 heteroatoms. The van der Waals surface area contributed by atoms with Crippen molar-refractivity contribution >= 4 is 11.6 Å². The number of rotatable bonds is 2. The van der Waals surface area contributed by atoms with Crippen molar-refractivity contribution in [2.24, 2.45) is 14.1 Å². The van der Waals surface area contributed by atoms with Gasteiger partial charge in [-0.1, -0.05) is 6.07 Å². The van der Waals surface area contributed by atoms with Gasteiger partial charge in [-0.05, 0) is 30.5 Å². The molecule has 0 radical (unpaired) electrons. The van der Waals surface area contributed by atoms with Crippen molar-refractivity contribution in [1.29, 1.82) is 0 Å². The summed E-state index contributed by atoms with van der Waals surface area (Å²) in [5.74, 6) is -0.0347. The lowest BCUT2D eigenvalue weighted by atomic mass is 9.76. The molecular formula is C20H21N3O5. The first kappa shape index (κ1) is 18.1. The number of aromatic nitrogens is 2. The summed E-state index contributed by atoms with van der Waals surface area (Å²) in [5, 5.41) is 13.1. The number of Topliss-reactive ketones (excluding diaryl/α,β-unsaturated/α-hetero) is 1. The van der Waals surface area contributed by atoms with Crippen LogP contribution in [0.4, 0.5) is 5.82 Å². The van der Waals surface area contributed by atoms with E-state index in [9.17, 15) is 19.5 Å². The average Bonchev–Trinajstić information content (AvgIpc) is 2.70. The number of nitrogens with zero attached hydrogens (tertiary/aromatic N) is 2. The quantitative estimate of drug-likeness (QED) is 0.812. The molecule has 1 aliphatic carbocycles. The number of benzene rings is 1. The molecule has 0 unspecified atom stereocenters. The molecular weight excluding hydrogens is 362 g/mol. The summed E-state index contributed by atoms with van der Waals surface area (Å²) < 4.78 is 7.66. The minimum Gasteiger partial charge on any atom is -0.504 e. The van der Waals surface area contributed by atoms with Crippen molar-refractivity contribution in [3.8, 4) is 11.5 Å². The van der Waals surface area contributed by atoms with Gasteiger partial charge in [0, 0.05) is 37.7 Å². The molecule has 0 saturated heterocycles. The van der Waals surface area contributed by atoms with Crippen LogP contribution in [0, 0.1) is 0 Å². The highest BCUT2D eigenvalue weighted by Gasteiger charge is 2.38. The second-order valence-electron chi connectivity index (χ2n) is 7.13. The molecule has 0 spiro atoms. The monoisotopic (exact) mass is 383 g/mol. The van der Waals surface area contributed by atoms with Crippen molar-refractivity contribution in [2.75, 3.05) is 12.4 Å². The minimum absolute atomic E-state index is 0.0210. The lowest BCUT2D eigenvalue weighted by molar-refractivity contribution is -0.116. The van der Waals surface area contributed by atoms with Crippen molar-refractivity contribution in [3.05, 3.63) is 61.4 Å². The number of ketones is 1. The third kappa shape index (κ3) is 2.48. The summed E-state index contributed by atoms with van der Waals surface area (Å²) >= 11 is 0. The summed E-state index contributed by atoms with van der Waals surface area (Å²) in [7, 11) is 4.46. The molecule has 146 valence electrons. The second kappa shape index (κ2) is 6.40. The van der Waals surface area contributed by atoms with Crippen LogP contribution in [0.15, 0.2) is 39.1 Å². The van der Waals surface area contributed by atoms with Gasteiger partial charge in [-0.25, -0.2) is 4.79 Å². The molecule has 2 aromatic rings. The van der Waals surface area contributed by atoms with Gasteiger partial charge >= 0.3 is 5.69 Å². The Morgan fingerprint density at radius 2 is 1.89 bits per heavy atom. The normalized spacial score (nSPS) is 18.4. The van der Waals surface area contributed by atoms with Crippen LogP contribution in [0.2, 0.25) is 0 Å². The molecule has 8 nitrogen and oxygen atoms in total. The second-order valence-corrected chi connectivity index (χ2v) is 7.13. The zero-order chi connectivity index (χ0) is 20.2. The van der Waals surface area contributed by atoms with E-state index in [0.29, 0.717) is 41.8 Å². The van der Waals surface area contributed by atoms with Crippen molar-refractivity contribution in [1.82, 2.24) is 9.13 Å². The Bertz CT molecular complexity index is 1160. The van der Waals surface area contributed by atoms with Crippen LogP contribution >= 0.6 is 0 Å². The molecule has 0 amide bonds. The fraction of sp³-hybridized carbons (Fsp3) is 0.350. The Labute approximate surface area is 160 Å². The highest BCUT2D eigenvalue weighted by atomic mass is 16.5. The lowest BCUT2D eigenvalue weighted by Gasteiger charge is -2.34. The number of methoxy groups -OCH3 is 1. The number of phenolic OH excluding ortho intramolecular Hbond substituents is 1. The van der Waals surface area contributed by atoms with E-state index in [-0.39, 0.29) is 17.3 Å². The number of carbonyl (C=O) groups is 1. The minimum atomic E-state index is -0.640. The van der Waals surface area contributed by atoms with Crippen molar-refractivity contribution in [3.63, 3.8) is 0 Å². The van der Waals surface area contributed by atoms with E-state index in [1.807, 2.05) is 0 Å². The third-order valence-corrected chi connectivity index (χ3v) is 5.54. The van der Waals surface area contributed by atoms with Gasteiger partial charge in [0.2, 0.25) is 0 Å². The molecule has 2 heterocycles. The van der Waals surface area contributed by atoms with E-state index in [1.54, 1.807) is 19.2 Å². The first-order valence-corrected chi connectivity index (χ1v) is 9.05. The van der Waals surface area contributed by atoms with Crippen LogP contribution in [0.5, 0.6) is 11.5 Å². The van der Waals surface area contributed by atoms with E-state index >= 15 is 0 Å². The zero-order valence-corrected chi connectivity index (χ0v) is 15.9. The number of allylic oxidation sites excluding steroid dienone is 2. The maximum atomic E-state index is 13.1. The molecule has 4 rings (SSSR count). The van der Waals surface area contributed by atoms with Crippen LogP contribution < -0.4 is 21.3 Å². The number of aromatic hydroxyl groups is 1. The fourth-order valence-corrected chi connectivity index (χ4v) is 4.10. The lowest BCUT2D eigenvalue weighted by Crippen LogP contribution is -2.44. The molecule has 1 aromatic heterocycles. The first-order chi connectivity index (χ1) is 13.3. The number of phenols is 1. The third-order valence-electron chi connectivity index (χ3n) is 5.54. The highest BCUT2D eigenvalue weighted by molar-refractivity contribution is 6.00. The molecule has 1 aliphatic heterocycles. The molecule has 0 saturated carbocycles. The van der Waals surface area contributed by atoms with E-state index in [0.717, 1.165) is 10.3 Å². The number of fused-ring (bicyclic) bond motifs is 1. The molecule has 1 aromatic carbocycles. The van der Waals surface area contributed by atoms with E-state index in [2.05, 4.69) is 5.32 Å².